The van der Waals surface area contributed by atoms with Crippen molar-refractivity contribution in [2.75, 3.05) is 25.4 Å². The van der Waals surface area contributed by atoms with Crippen LogP contribution >= 0.6 is 23.5 Å². The summed E-state index contributed by atoms with van der Waals surface area (Å²) in [5.41, 5.74) is 0. The summed E-state index contributed by atoms with van der Waals surface area (Å²) in [6.45, 7) is 3.15. The smallest absolute Gasteiger partial charge is 0.0901 e. The van der Waals surface area contributed by atoms with Crippen LogP contribution in [0, 0.1) is 0 Å². The van der Waals surface area contributed by atoms with Gasteiger partial charge in [0.2, 0.25) is 0 Å². The average molecular weight is 284 g/mol. The zero-order valence-corrected chi connectivity index (χ0v) is 12.1. The molecule has 0 saturated carbocycles. The number of hydrogen-bond donors (Lipinski definition) is 2. The van der Waals surface area contributed by atoms with Gasteiger partial charge in [-0.05, 0) is 19.3 Å². The molecule has 2 unspecified atom stereocenters. The van der Waals surface area contributed by atoms with Gasteiger partial charge in [-0.15, -0.1) is 0 Å². The second-order valence-electron chi connectivity index (χ2n) is 4.78. The Morgan fingerprint density at radius 3 is 2.94 bits per heavy atom. The molecule has 0 aliphatic carbocycles. The van der Waals surface area contributed by atoms with E-state index in [1.54, 1.807) is 0 Å². The summed E-state index contributed by atoms with van der Waals surface area (Å²) in [4.78, 5) is 2.80. The lowest BCUT2D eigenvalue weighted by molar-refractivity contribution is 0.0441. The molecular weight excluding hydrogens is 264 g/mol. The minimum absolute atomic E-state index is 0.321. The molecule has 2 N–H and O–H groups in total. The lowest BCUT2D eigenvalue weighted by atomic mass is 10.1. The molecule has 3 heterocycles. The van der Waals surface area contributed by atoms with E-state index in [1.165, 1.54) is 34.8 Å². The SMILES string of the molecule is C1=C(C2CCCCO2)SC(C2CNCCS2)=CN1. The van der Waals surface area contributed by atoms with Crippen molar-refractivity contribution >= 4 is 23.5 Å². The Hall–Kier alpha value is -0.100. The van der Waals surface area contributed by atoms with E-state index in [2.05, 4.69) is 34.8 Å². The van der Waals surface area contributed by atoms with Crippen LogP contribution < -0.4 is 10.6 Å². The van der Waals surface area contributed by atoms with Gasteiger partial charge in [0.1, 0.15) is 0 Å². The molecule has 2 fully saturated rings. The molecule has 0 spiro atoms. The van der Waals surface area contributed by atoms with Crippen molar-refractivity contribution in [2.24, 2.45) is 0 Å². The molecule has 0 aromatic carbocycles. The first-order valence-corrected chi connectivity index (χ1v) is 8.58. The Kier molecular flexibility index (Phi) is 4.57. The highest BCUT2D eigenvalue weighted by Crippen LogP contribution is 2.39. The Balaban J connectivity index is 1.60. The summed E-state index contributed by atoms with van der Waals surface area (Å²) < 4.78 is 5.87. The minimum Gasteiger partial charge on any atom is -0.373 e. The maximum Gasteiger partial charge on any atom is 0.0901 e. The van der Waals surface area contributed by atoms with Gasteiger partial charge in [0.15, 0.2) is 0 Å². The van der Waals surface area contributed by atoms with Gasteiger partial charge >= 0.3 is 0 Å². The topological polar surface area (TPSA) is 33.3 Å². The van der Waals surface area contributed by atoms with Gasteiger partial charge in [-0.2, -0.15) is 11.8 Å². The Morgan fingerprint density at radius 2 is 2.17 bits per heavy atom. The monoisotopic (exact) mass is 284 g/mol. The van der Waals surface area contributed by atoms with Crippen LogP contribution in [0.4, 0.5) is 0 Å². The van der Waals surface area contributed by atoms with Gasteiger partial charge in [-0.3, -0.25) is 0 Å². The zero-order valence-electron chi connectivity index (χ0n) is 10.5. The Labute approximate surface area is 117 Å². The van der Waals surface area contributed by atoms with Gasteiger partial charge in [-0.25, -0.2) is 0 Å². The molecule has 0 radical (unpaired) electrons. The largest absolute Gasteiger partial charge is 0.373 e. The lowest BCUT2D eigenvalue weighted by Gasteiger charge is -2.30. The molecule has 0 amide bonds. The van der Waals surface area contributed by atoms with E-state index in [0.29, 0.717) is 11.4 Å². The fraction of sp³-hybridized carbons (Fsp3) is 0.692. The average Bonchev–Trinajstić information content (AvgIpc) is 2.49. The van der Waals surface area contributed by atoms with Crippen LogP contribution in [0.25, 0.3) is 0 Å². The van der Waals surface area contributed by atoms with Crippen molar-refractivity contribution in [3.8, 4) is 0 Å². The first kappa shape index (κ1) is 12.9. The highest BCUT2D eigenvalue weighted by Gasteiger charge is 2.26. The van der Waals surface area contributed by atoms with Gasteiger partial charge in [0.05, 0.1) is 6.10 Å². The molecule has 2 saturated heterocycles. The number of thioether (sulfide) groups is 2. The van der Waals surface area contributed by atoms with E-state index in [4.69, 9.17) is 4.74 Å². The van der Waals surface area contributed by atoms with Gasteiger partial charge < -0.3 is 15.4 Å². The van der Waals surface area contributed by atoms with E-state index >= 15 is 0 Å². The minimum atomic E-state index is 0.321. The van der Waals surface area contributed by atoms with Gasteiger partial charge in [-0.1, -0.05) is 11.8 Å². The lowest BCUT2D eigenvalue weighted by Crippen LogP contribution is -2.34. The number of nitrogens with one attached hydrogen (secondary N) is 2. The molecule has 0 aromatic heterocycles. The van der Waals surface area contributed by atoms with Crippen molar-refractivity contribution in [3.63, 3.8) is 0 Å². The standard InChI is InChI=1S/C13H20N2OS2/c1-2-5-16-10(3-1)11-7-15-9-13(18-11)12-8-14-4-6-17-12/h7,9-10,12,14-15H,1-6,8H2. The fourth-order valence-electron chi connectivity index (χ4n) is 2.43. The molecule has 3 aliphatic rings. The van der Waals surface area contributed by atoms with E-state index in [9.17, 15) is 0 Å². The predicted octanol–water partition coefficient (Wildman–Crippen LogP) is 2.28. The number of hydrogen-bond acceptors (Lipinski definition) is 5. The van der Waals surface area contributed by atoms with E-state index < -0.39 is 0 Å². The summed E-state index contributed by atoms with van der Waals surface area (Å²) in [6, 6.07) is 0. The van der Waals surface area contributed by atoms with Crippen LogP contribution in [-0.4, -0.2) is 36.8 Å². The summed E-state index contributed by atoms with van der Waals surface area (Å²) >= 11 is 3.98. The first-order chi connectivity index (χ1) is 8.93. The van der Waals surface area contributed by atoms with Crippen molar-refractivity contribution in [3.05, 3.63) is 22.2 Å². The molecule has 5 heteroatoms. The fourth-order valence-corrected chi connectivity index (χ4v) is 4.85. The van der Waals surface area contributed by atoms with Crippen molar-refractivity contribution in [2.45, 2.75) is 30.6 Å². The van der Waals surface area contributed by atoms with Crippen LogP contribution in [-0.2, 0) is 4.74 Å². The highest BCUT2D eigenvalue weighted by atomic mass is 32.2. The molecule has 100 valence electrons. The Morgan fingerprint density at radius 1 is 1.22 bits per heavy atom. The second-order valence-corrected chi connectivity index (χ2v) is 7.24. The van der Waals surface area contributed by atoms with Gasteiger partial charge in [0.25, 0.3) is 0 Å². The molecule has 2 atom stereocenters. The van der Waals surface area contributed by atoms with Crippen LogP contribution in [0.2, 0.25) is 0 Å². The van der Waals surface area contributed by atoms with Gasteiger partial charge in [0, 0.05) is 52.9 Å². The molecule has 0 aromatic rings. The third-order valence-electron chi connectivity index (χ3n) is 3.43. The van der Waals surface area contributed by atoms with Crippen molar-refractivity contribution in [1.82, 2.24) is 10.6 Å². The summed E-state index contributed by atoms with van der Waals surface area (Å²) in [5, 5.41) is 7.39. The summed E-state index contributed by atoms with van der Waals surface area (Å²) in [5.74, 6) is 1.21. The number of rotatable bonds is 2. The third-order valence-corrected chi connectivity index (χ3v) is 6.10. The molecule has 3 aliphatic heterocycles. The van der Waals surface area contributed by atoms with Crippen LogP contribution in [0.15, 0.2) is 22.2 Å². The Bertz CT molecular complexity index is 313. The summed E-state index contributed by atoms with van der Waals surface area (Å²) in [7, 11) is 0. The molecular formula is C13H20N2OS2. The first-order valence-electron chi connectivity index (χ1n) is 6.71. The van der Waals surface area contributed by atoms with Crippen LogP contribution in [0.5, 0.6) is 0 Å². The normalized spacial score (nSPS) is 33.3. The predicted molar refractivity (Wildman–Crippen MR) is 79.6 cm³/mol. The van der Waals surface area contributed by atoms with E-state index in [1.807, 2.05) is 11.8 Å². The second kappa shape index (κ2) is 6.37. The summed E-state index contributed by atoms with van der Waals surface area (Å²) in [6.07, 6.45) is 8.27. The van der Waals surface area contributed by atoms with E-state index in [-0.39, 0.29) is 0 Å². The molecule has 3 rings (SSSR count). The molecule has 0 bridgehead atoms. The molecule has 18 heavy (non-hydrogen) atoms. The third kappa shape index (κ3) is 3.07. The van der Waals surface area contributed by atoms with Crippen molar-refractivity contribution < 1.29 is 4.74 Å². The molecule has 3 nitrogen and oxygen atoms in total. The maximum absolute atomic E-state index is 5.87. The van der Waals surface area contributed by atoms with Crippen LogP contribution in [0.3, 0.4) is 0 Å². The zero-order chi connectivity index (χ0) is 12.2. The van der Waals surface area contributed by atoms with E-state index in [0.717, 1.165) is 19.7 Å². The van der Waals surface area contributed by atoms with Crippen molar-refractivity contribution in [1.29, 1.82) is 0 Å². The quantitative estimate of drug-likeness (QED) is 0.813. The highest BCUT2D eigenvalue weighted by molar-refractivity contribution is 8.09. The van der Waals surface area contributed by atoms with Crippen LogP contribution in [0.1, 0.15) is 19.3 Å². The maximum atomic E-state index is 5.87. The number of ether oxygens (including phenoxy) is 1.